The molecule has 3 N–H and O–H groups in total. The number of esters is 1. The lowest BCUT2D eigenvalue weighted by atomic mass is 10.0. The van der Waals surface area contributed by atoms with Crippen LogP contribution in [0.3, 0.4) is 0 Å². The molecule has 13 heteroatoms. The molecule has 8 rings (SSSR count). The number of nitrogens with one attached hydrogen (secondary N) is 3. The van der Waals surface area contributed by atoms with E-state index in [9.17, 15) is 19.2 Å². The Bertz CT molecular complexity index is 2410. The number of alkyl carbamates (subject to hydrolysis) is 1. The van der Waals surface area contributed by atoms with Crippen LogP contribution in [0.15, 0.2) is 122 Å². The van der Waals surface area contributed by atoms with Gasteiger partial charge >= 0.3 is 12.1 Å². The quantitative estimate of drug-likeness (QED) is 0.112. The summed E-state index contributed by atoms with van der Waals surface area (Å²) in [6.07, 6.45) is 5.03. The average Bonchev–Trinajstić information content (AvgIpc) is 4.12. The number of hydrogen-bond acceptors (Lipinski definition) is 8. The van der Waals surface area contributed by atoms with Crippen LogP contribution in [-0.4, -0.2) is 73.8 Å². The molecule has 4 atom stereocenters. The SMILES string of the molecule is COC(=O)N[C@H](C(=O)N1CCCC1c1ncc(-c2ccc(-c3ccc(-c4cnc([C@@H]5CCCN5C(=O)[C@H](OC(C)=O)c5ccccc5)[nH]4)cc3)cc2)[nH]1)c1ccccc1. The van der Waals surface area contributed by atoms with Crippen LogP contribution in [0.25, 0.3) is 33.6 Å². The van der Waals surface area contributed by atoms with Crippen molar-refractivity contribution in [2.45, 2.75) is 56.8 Å². The van der Waals surface area contributed by atoms with Crippen LogP contribution in [0.1, 0.15) is 79.6 Å². The number of benzene rings is 4. The van der Waals surface area contributed by atoms with Gasteiger partial charge in [0.2, 0.25) is 6.10 Å². The van der Waals surface area contributed by atoms with Gasteiger partial charge in [-0.15, -0.1) is 0 Å². The lowest BCUT2D eigenvalue weighted by Gasteiger charge is -2.28. The third-order valence-corrected chi connectivity index (χ3v) is 11.1. The van der Waals surface area contributed by atoms with E-state index in [0.29, 0.717) is 35.9 Å². The minimum Gasteiger partial charge on any atom is -0.453 e. The second-order valence-electron chi connectivity index (χ2n) is 14.8. The minimum absolute atomic E-state index is 0.215. The zero-order valence-corrected chi connectivity index (χ0v) is 32.8. The Labute approximate surface area is 341 Å². The number of imidazole rings is 2. The summed E-state index contributed by atoms with van der Waals surface area (Å²) in [7, 11) is 1.28. The Balaban J connectivity index is 0.928. The molecule has 1 unspecified atom stereocenters. The molecule has 0 radical (unpaired) electrons. The van der Waals surface area contributed by atoms with Crippen molar-refractivity contribution in [1.82, 2.24) is 35.1 Å². The number of carbonyl (C=O) groups excluding carboxylic acids is 4. The molecule has 4 heterocycles. The molecule has 300 valence electrons. The van der Waals surface area contributed by atoms with Gasteiger partial charge in [0.15, 0.2) is 0 Å². The highest BCUT2D eigenvalue weighted by Gasteiger charge is 2.39. The minimum atomic E-state index is -1.01. The largest absolute Gasteiger partial charge is 0.453 e. The fourth-order valence-electron chi connectivity index (χ4n) is 8.10. The summed E-state index contributed by atoms with van der Waals surface area (Å²) in [5, 5.41) is 2.71. The number of carbonyl (C=O) groups is 4. The predicted molar refractivity (Wildman–Crippen MR) is 220 cm³/mol. The van der Waals surface area contributed by atoms with Crippen LogP contribution < -0.4 is 5.32 Å². The summed E-state index contributed by atoms with van der Waals surface area (Å²) in [5.41, 5.74) is 7.01. The summed E-state index contributed by atoms with van der Waals surface area (Å²) in [5.74, 6) is 0.408. The molecule has 0 aliphatic carbocycles. The standard InChI is InChI=1S/C46H45N7O6/c1-29(54)59-41(35-13-7-4-8-14-35)45(56)53-26-10-16-39(53)43-48-28-37(50-43)33-23-19-31(20-24-33)30-17-21-32(22-18-30)36-27-47-42(49-36)38-15-9-25-52(38)44(55)40(51-46(57)58-2)34-11-5-3-6-12-34/h3-8,11-14,17-24,27-28,38-41H,9-10,15-16,25-26H2,1-2H3,(H,47,49)(H,48,50)(H,51,57)/t38?,39-,40-,41+/m0/s1. The van der Waals surface area contributed by atoms with Crippen molar-refractivity contribution < 1.29 is 28.7 Å². The number of rotatable bonds is 11. The normalized spacial score (nSPS) is 17.3. The molecule has 2 aromatic heterocycles. The lowest BCUT2D eigenvalue weighted by molar-refractivity contribution is -0.159. The smallest absolute Gasteiger partial charge is 0.407 e. The van der Waals surface area contributed by atoms with E-state index in [1.54, 1.807) is 34.3 Å². The van der Waals surface area contributed by atoms with E-state index >= 15 is 0 Å². The summed E-state index contributed by atoms with van der Waals surface area (Å²) >= 11 is 0. The molecule has 2 aliphatic rings. The van der Waals surface area contributed by atoms with Crippen LogP contribution in [-0.2, 0) is 23.9 Å². The van der Waals surface area contributed by atoms with Gasteiger partial charge in [0, 0.05) is 25.6 Å². The Morgan fingerprint density at radius 3 is 1.58 bits per heavy atom. The van der Waals surface area contributed by atoms with Gasteiger partial charge < -0.3 is 34.6 Å². The van der Waals surface area contributed by atoms with Gasteiger partial charge in [-0.2, -0.15) is 0 Å². The molecular formula is C46H45N7O6. The van der Waals surface area contributed by atoms with Crippen LogP contribution in [0.2, 0.25) is 0 Å². The van der Waals surface area contributed by atoms with Crippen molar-refractivity contribution in [2.24, 2.45) is 0 Å². The maximum Gasteiger partial charge on any atom is 0.407 e. The number of methoxy groups -OCH3 is 1. The van der Waals surface area contributed by atoms with E-state index in [1.807, 2.05) is 72.8 Å². The second kappa shape index (κ2) is 17.2. The van der Waals surface area contributed by atoms with Gasteiger partial charge in [-0.3, -0.25) is 14.4 Å². The molecule has 2 aliphatic heterocycles. The topological polar surface area (TPSA) is 163 Å². The average molecular weight is 792 g/mol. The van der Waals surface area contributed by atoms with Crippen LogP contribution in [0.5, 0.6) is 0 Å². The molecular weight excluding hydrogens is 747 g/mol. The molecule has 3 amide bonds. The van der Waals surface area contributed by atoms with Gasteiger partial charge in [-0.25, -0.2) is 14.8 Å². The van der Waals surface area contributed by atoms with Crippen molar-refractivity contribution >= 4 is 23.9 Å². The van der Waals surface area contributed by atoms with Crippen molar-refractivity contribution in [3.63, 3.8) is 0 Å². The summed E-state index contributed by atoms with van der Waals surface area (Å²) in [6, 6.07) is 33.3. The fourth-order valence-corrected chi connectivity index (χ4v) is 8.10. The molecule has 0 spiro atoms. The first-order valence-corrected chi connectivity index (χ1v) is 19.8. The summed E-state index contributed by atoms with van der Waals surface area (Å²) in [6.45, 7) is 2.41. The number of likely N-dealkylation sites (tertiary alicyclic amines) is 2. The molecule has 2 saturated heterocycles. The van der Waals surface area contributed by atoms with Crippen molar-refractivity contribution in [3.8, 4) is 33.6 Å². The summed E-state index contributed by atoms with van der Waals surface area (Å²) < 4.78 is 10.3. The zero-order valence-electron chi connectivity index (χ0n) is 32.8. The third-order valence-electron chi connectivity index (χ3n) is 11.1. The number of aromatic amines is 2. The molecule has 6 aromatic rings. The number of H-pyrrole nitrogens is 2. The molecule has 0 saturated carbocycles. The first-order chi connectivity index (χ1) is 28.8. The van der Waals surface area contributed by atoms with E-state index in [4.69, 9.17) is 14.5 Å². The van der Waals surface area contributed by atoms with Gasteiger partial charge in [-0.05, 0) is 53.5 Å². The van der Waals surface area contributed by atoms with Gasteiger partial charge in [0.25, 0.3) is 11.8 Å². The molecule has 13 nitrogen and oxygen atoms in total. The highest BCUT2D eigenvalue weighted by molar-refractivity contribution is 5.88. The Morgan fingerprint density at radius 2 is 1.10 bits per heavy atom. The number of hydrogen-bond donors (Lipinski definition) is 3. The van der Waals surface area contributed by atoms with E-state index in [1.165, 1.54) is 14.0 Å². The number of amides is 3. The third kappa shape index (κ3) is 8.36. The summed E-state index contributed by atoms with van der Waals surface area (Å²) in [4.78, 5) is 71.7. The number of ether oxygens (including phenoxy) is 2. The fraction of sp³-hybridized carbons (Fsp3) is 0.261. The zero-order chi connectivity index (χ0) is 40.9. The van der Waals surface area contributed by atoms with E-state index in [-0.39, 0.29) is 23.9 Å². The van der Waals surface area contributed by atoms with Crippen molar-refractivity contribution in [1.29, 1.82) is 0 Å². The van der Waals surface area contributed by atoms with Gasteiger partial charge in [0.05, 0.1) is 43.0 Å². The molecule has 2 fully saturated rings. The molecule has 4 aromatic carbocycles. The predicted octanol–water partition coefficient (Wildman–Crippen LogP) is 7.86. The molecule has 59 heavy (non-hydrogen) atoms. The second-order valence-corrected chi connectivity index (χ2v) is 14.8. The van der Waals surface area contributed by atoms with E-state index in [0.717, 1.165) is 59.3 Å². The number of nitrogens with zero attached hydrogens (tertiary/aromatic N) is 4. The van der Waals surface area contributed by atoms with E-state index in [2.05, 4.69) is 44.5 Å². The highest BCUT2D eigenvalue weighted by atomic mass is 16.5. The van der Waals surface area contributed by atoms with Crippen LogP contribution in [0, 0.1) is 0 Å². The molecule has 0 bridgehead atoms. The number of aromatic nitrogens is 4. The Kier molecular flexibility index (Phi) is 11.3. The van der Waals surface area contributed by atoms with Crippen LogP contribution >= 0.6 is 0 Å². The Hall–Kier alpha value is -7.02. The maximum absolute atomic E-state index is 13.9. The highest BCUT2D eigenvalue weighted by Crippen LogP contribution is 2.37. The monoisotopic (exact) mass is 791 g/mol. The first-order valence-electron chi connectivity index (χ1n) is 19.8. The first kappa shape index (κ1) is 38.8. The Morgan fingerprint density at radius 1 is 0.644 bits per heavy atom. The maximum atomic E-state index is 13.9. The van der Waals surface area contributed by atoms with E-state index < -0.39 is 24.2 Å². The van der Waals surface area contributed by atoms with Crippen molar-refractivity contribution in [2.75, 3.05) is 20.2 Å². The van der Waals surface area contributed by atoms with Crippen LogP contribution in [0.4, 0.5) is 4.79 Å². The van der Waals surface area contributed by atoms with Gasteiger partial charge in [0.1, 0.15) is 17.7 Å². The van der Waals surface area contributed by atoms with Gasteiger partial charge in [-0.1, -0.05) is 109 Å². The lowest BCUT2D eigenvalue weighted by Crippen LogP contribution is -2.42. The van der Waals surface area contributed by atoms with Crippen molar-refractivity contribution in [3.05, 3.63) is 144 Å².